The smallest absolute Gasteiger partial charge is 0.335 e. The van der Waals surface area contributed by atoms with Gasteiger partial charge in [0.15, 0.2) is 11.5 Å². The van der Waals surface area contributed by atoms with Crippen molar-refractivity contribution in [2.75, 3.05) is 19.1 Å². The Morgan fingerprint density at radius 3 is 2.54 bits per heavy atom. The summed E-state index contributed by atoms with van der Waals surface area (Å²) in [6, 6.07) is 8.58. The molecule has 9 heteroatoms. The Morgan fingerprint density at radius 1 is 1.11 bits per heavy atom. The van der Waals surface area contributed by atoms with Gasteiger partial charge in [-0.2, -0.15) is 0 Å². The fourth-order valence-corrected chi connectivity index (χ4v) is 3.27. The number of phenols is 1. The van der Waals surface area contributed by atoms with Crippen LogP contribution in [0.3, 0.4) is 0 Å². The molecule has 0 aliphatic carbocycles. The molecule has 0 atom stereocenters. The maximum atomic E-state index is 12.9. The molecule has 144 valence electrons. The number of imide groups is 2. The minimum absolute atomic E-state index is 0.0437. The van der Waals surface area contributed by atoms with E-state index < -0.39 is 17.8 Å². The van der Waals surface area contributed by atoms with E-state index in [0.717, 1.165) is 4.90 Å². The Kier molecular flexibility index (Phi) is 5.54. The van der Waals surface area contributed by atoms with Crippen LogP contribution >= 0.6 is 22.6 Å². The average molecular weight is 494 g/mol. The number of phenolic OH excluding ortho intramolecular Hbond substituents is 1. The van der Waals surface area contributed by atoms with E-state index in [9.17, 15) is 19.5 Å². The first-order valence-corrected chi connectivity index (χ1v) is 9.05. The highest BCUT2D eigenvalue weighted by molar-refractivity contribution is 14.1. The molecule has 1 heterocycles. The van der Waals surface area contributed by atoms with E-state index in [2.05, 4.69) is 5.32 Å². The van der Waals surface area contributed by atoms with Crippen molar-refractivity contribution >= 4 is 52.2 Å². The number of aromatic hydroxyl groups is 1. The second-order valence-electron chi connectivity index (χ2n) is 5.71. The van der Waals surface area contributed by atoms with Crippen molar-refractivity contribution in [2.45, 2.75) is 0 Å². The van der Waals surface area contributed by atoms with E-state index in [-0.39, 0.29) is 22.8 Å². The largest absolute Gasteiger partial charge is 0.504 e. The molecule has 2 aromatic carbocycles. The normalized spacial score (nSPS) is 15.6. The first kappa shape index (κ1) is 19.7. The predicted octanol–water partition coefficient (Wildman–Crippen LogP) is 2.68. The van der Waals surface area contributed by atoms with E-state index in [1.54, 1.807) is 24.3 Å². The van der Waals surface area contributed by atoms with Crippen molar-refractivity contribution in [3.05, 3.63) is 51.1 Å². The summed E-state index contributed by atoms with van der Waals surface area (Å²) < 4.78 is 10.7. The Morgan fingerprint density at radius 2 is 1.86 bits per heavy atom. The van der Waals surface area contributed by atoms with Crippen LogP contribution in [0, 0.1) is 3.57 Å². The summed E-state index contributed by atoms with van der Waals surface area (Å²) in [5.74, 6) is -0.973. The van der Waals surface area contributed by atoms with Crippen LogP contribution in [0.15, 0.2) is 42.0 Å². The average Bonchev–Trinajstić information content (AvgIpc) is 2.67. The number of urea groups is 1. The molecule has 1 fully saturated rings. The minimum atomic E-state index is -0.849. The number of rotatable bonds is 4. The maximum absolute atomic E-state index is 12.9. The number of nitrogens with one attached hydrogen (secondary N) is 1. The van der Waals surface area contributed by atoms with Crippen molar-refractivity contribution in [2.24, 2.45) is 0 Å². The van der Waals surface area contributed by atoms with E-state index >= 15 is 0 Å². The number of carbonyl (C=O) groups is 3. The van der Waals surface area contributed by atoms with Crippen LogP contribution in [0.1, 0.15) is 5.56 Å². The van der Waals surface area contributed by atoms with Gasteiger partial charge in [0.25, 0.3) is 11.8 Å². The second-order valence-corrected chi connectivity index (χ2v) is 6.88. The third kappa shape index (κ3) is 3.65. The van der Waals surface area contributed by atoms with Crippen molar-refractivity contribution in [3.63, 3.8) is 0 Å². The van der Waals surface area contributed by atoms with Crippen LogP contribution in [-0.4, -0.2) is 37.2 Å². The van der Waals surface area contributed by atoms with E-state index in [4.69, 9.17) is 9.47 Å². The maximum Gasteiger partial charge on any atom is 0.335 e. The van der Waals surface area contributed by atoms with Gasteiger partial charge in [-0.15, -0.1) is 0 Å². The van der Waals surface area contributed by atoms with Crippen LogP contribution in [0.4, 0.5) is 10.5 Å². The van der Waals surface area contributed by atoms with E-state index in [1.807, 2.05) is 22.6 Å². The van der Waals surface area contributed by atoms with Gasteiger partial charge in [0.05, 0.1) is 23.5 Å². The summed E-state index contributed by atoms with van der Waals surface area (Å²) in [5, 5.41) is 12.1. The third-order valence-corrected chi connectivity index (χ3v) is 4.82. The number of hydrogen-bond donors (Lipinski definition) is 2. The molecule has 0 saturated carbocycles. The Labute approximate surface area is 173 Å². The van der Waals surface area contributed by atoms with Crippen LogP contribution in [0.5, 0.6) is 17.2 Å². The fraction of sp³-hybridized carbons (Fsp3) is 0.105. The topological polar surface area (TPSA) is 105 Å². The molecule has 0 spiro atoms. The molecule has 1 aliphatic rings. The van der Waals surface area contributed by atoms with E-state index in [0.29, 0.717) is 14.9 Å². The highest BCUT2D eigenvalue weighted by Gasteiger charge is 2.37. The van der Waals surface area contributed by atoms with Crippen LogP contribution in [-0.2, 0) is 9.59 Å². The highest BCUT2D eigenvalue weighted by atomic mass is 127. The standard InChI is InChI=1S/C19H15IN2O6/c1-27-12-5-3-4-11(9-12)22-18(25)13(17(24)21-19(22)26)6-10-7-14(20)16(23)15(8-10)28-2/h3-9,23H,1-2H3,(H,21,24,26). The molecule has 0 radical (unpaired) electrons. The summed E-state index contributed by atoms with van der Waals surface area (Å²) in [6.45, 7) is 0. The SMILES string of the molecule is COc1cccc(N2C(=O)NC(=O)C(=Cc3cc(I)c(O)c(OC)c3)C2=O)c1. The van der Waals surface area contributed by atoms with Crippen molar-refractivity contribution in [1.29, 1.82) is 0 Å². The second kappa shape index (κ2) is 7.89. The van der Waals surface area contributed by atoms with Crippen LogP contribution in [0.2, 0.25) is 0 Å². The number of benzene rings is 2. The molecule has 4 amide bonds. The van der Waals surface area contributed by atoms with Gasteiger partial charge in [-0.05, 0) is 58.5 Å². The number of barbiturate groups is 1. The van der Waals surface area contributed by atoms with Gasteiger partial charge in [0.2, 0.25) is 0 Å². The molecule has 0 bridgehead atoms. The number of carbonyl (C=O) groups excluding carboxylic acids is 3. The lowest BCUT2D eigenvalue weighted by atomic mass is 10.1. The monoisotopic (exact) mass is 494 g/mol. The molecule has 0 aromatic heterocycles. The molecule has 28 heavy (non-hydrogen) atoms. The lowest BCUT2D eigenvalue weighted by Crippen LogP contribution is -2.54. The summed E-state index contributed by atoms with van der Waals surface area (Å²) in [5.41, 5.74) is 0.488. The van der Waals surface area contributed by atoms with Gasteiger partial charge in [-0.1, -0.05) is 6.07 Å². The number of amides is 4. The van der Waals surface area contributed by atoms with Crippen molar-refractivity contribution in [3.8, 4) is 17.2 Å². The first-order chi connectivity index (χ1) is 13.3. The summed E-state index contributed by atoms with van der Waals surface area (Å²) >= 11 is 1.90. The molecular formula is C19H15IN2O6. The quantitative estimate of drug-likeness (QED) is 0.385. The van der Waals surface area contributed by atoms with Gasteiger partial charge in [0.1, 0.15) is 11.3 Å². The van der Waals surface area contributed by atoms with Crippen LogP contribution < -0.4 is 19.7 Å². The lowest BCUT2D eigenvalue weighted by molar-refractivity contribution is -0.122. The number of halogens is 1. The van der Waals surface area contributed by atoms with Gasteiger partial charge < -0.3 is 14.6 Å². The molecule has 1 aliphatic heterocycles. The minimum Gasteiger partial charge on any atom is -0.504 e. The first-order valence-electron chi connectivity index (χ1n) is 7.97. The summed E-state index contributed by atoms with van der Waals surface area (Å²) in [4.78, 5) is 38.3. The number of anilines is 1. The molecule has 1 saturated heterocycles. The Balaban J connectivity index is 2.05. The van der Waals surface area contributed by atoms with Gasteiger partial charge in [-0.3, -0.25) is 14.9 Å². The number of ether oxygens (including phenoxy) is 2. The van der Waals surface area contributed by atoms with Gasteiger partial charge in [0, 0.05) is 6.07 Å². The molecule has 2 N–H and O–H groups in total. The van der Waals surface area contributed by atoms with Gasteiger partial charge >= 0.3 is 6.03 Å². The molecule has 2 aromatic rings. The number of hydrogen-bond acceptors (Lipinski definition) is 6. The summed E-state index contributed by atoms with van der Waals surface area (Å²) in [7, 11) is 2.86. The predicted molar refractivity (Wildman–Crippen MR) is 109 cm³/mol. The molecule has 8 nitrogen and oxygen atoms in total. The molecule has 3 rings (SSSR count). The lowest BCUT2D eigenvalue weighted by Gasteiger charge is -2.26. The zero-order valence-electron chi connectivity index (χ0n) is 14.9. The molecular weight excluding hydrogens is 479 g/mol. The Bertz CT molecular complexity index is 1020. The van der Waals surface area contributed by atoms with Crippen LogP contribution in [0.25, 0.3) is 6.08 Å². The van der Waals surface area contributed by atoms with Crippen molar-refractivity contribution in [1.82, 2.24) is 5.32 Å². The zero-order chi connectivity index (χ0) is 20.4. The number of methoxy groups -OCH3 is 2. The molecule has 0 unspecified atom stereocenters. The van der Waals surface area contributed by atoms with Crippen molar-refractivity contribution < 1.29 is 29.0 Å². The third-order valence-electron chi connectivity index (χ3n) is 3.99. The number of nitrogens with zero attached hydrogens (tertiary/aromatic N) is 1. The van der Waals surface area contributed by atoms with Gasteiger partial charge in [-0.25, -0.2) is 9.69 Å². The zero-order valence-corrected chi connectivity index (χ0v) is 17.0. The Hall–Kier alpha value is -3.08. The fourth-order valence-electron chi connectivity index (χ4n) is 2.64. The summed E-state index contributed by atoms with van der Waals surface area (Å²) in [6.07, 6.45) is 1.33. The highest BCUT2D eigenvalue weighted by Crippen LogP contribution is 2.33. The van der Waals surface area contributed by atoms with E-state index in [1.165, 1.54) is 32.4 Å².